The van der Waals surface area contributed by atoms with Crippen molar-refractivity contribution in [2.24, 2.45) is 0 Å². The van der Waals surface area contributed by atoms with Gasteiger partial charge in [0, 0.05) is 5.56 Å². The maximum Gasteiger partial charge on any atom is 0.337 e. The zero-order valence-corrected chi connectivity index (χ0v) is 12.0. The molecule has 4 nitrogen and oxygen atoms in total. The molecule has 0 saturated heterocycles. The number of carbonyl (C=O) groups is 2. The van der Waals surface area contributed by atoms with E-state index < -0.39 is 5.97 Å². The van der Waals surface area contributed by atoms with Gasteiger partial charge in [-0.2, -0.15) is 0 Å². The molecule has 0 aromatic heterocycles. The van der Waals surface area contributed by atoms with Gasteiger partial charge in [0.1, 0.15) is 0 Å². The van der Waals surface area contributed by atoms with Crippen molar-refractivity contribution in [3.05, 3.63) is 71.3 Å². The first kappa shape index (κ1) is 14.8. The van der Waals surface area contributed by atoms with Gasteiger partial charge < -0.3 is 10.1 Å². The van der Waals surface area contributed by atoms with E-state index in [0.29, 0.717) is 11.1 Å². The third-order valence-corrected chi connectivity index (χ3v) is 3.19. The molecule has 0 unspecified atom stereocenters. The molecule has 2 aromatic carbocycles. The van der Waals surface area contributed by atoms with Crippen molar-refractivity contribution in [3.8, 4) is 0 Å². The smallest absolute Gasteiger partial charge is 0.337 e. The van der Waals surface area contributed by atoms with E-state index in [0.717, 1.165) is 5.56 Å². The summed E-state index contributed by atoms with van der Waals surface area (Å²) in [4.78, 5) is 23.7. The van der Waals surface area contributed by atoms with Crippen LogP contribution in [0.25, 0.3) is 0 Å². The zero-order valence-electron chi connectivity index (χ0n) is 12.0. The van der Waals surface area contributed by atoms with Crippen molar-refractivity contribution in [3.63, 3.8) is 0 Å². The summed E-state index contributed by atoms with van der Waals surface area (Å²) in [5, 5.41) is 2.91. The highest BCUT2D eigenvalue weighted by Gasteiger charge is 2.13. The fourth-order valence-electron chi connectivity index (χ4n) is 2.01. The van der Waals surface area contributed by atoms with E-state index in [9.17, 15) is 9.59 Å². The molecule has 1 amide bonds. The maximum absolute atomic E-state index is 12.2. The number of hydrogen-bond donors (Lipinski definition) is 1. The number of ether oxygens (including phenoxy) is 1. The Bertz CT molecular complexity index is 637. The van der Waals surface area contributed by atoms with Crippen LogP contribution in [0.1, 0.15) is 39.2 Å². The van der Waals surface area contributed by atoms with Crippen LogP contribution in [0, 0.1) is 0 Å². The Balaban J connectivity index is 2.12. The molecule has 0 fully saturated rings. The molecule has 2 aromatic rings. The number of methoxy groups -OCH3 is 1. The van der Waals surface area contributed by atoms with E-state index in [2.05, 4.69) is 10.1 Å². The van der Waals surface area contributed by atoms with E-state index in [-0.39, 0.29) is 11.9 Å². The standard InChI is InChI=1S/C17H17NO3/c1-12(13-7-4-3-5-8-13)18-16(19)14-9-6-10-15(11-14)17(20)21-2/h3-12H,1-2H3,(H,18,19)/t12-/m1/s1. The molecule has 0 spiro atoms. The predicted octanol–water partition coefficient (Wildman–Crippen LogP) is 2.96. The Morgan fingerprint density at radius 3 is 2.33 bits per heavy atom. The van der Waals surface area contributed by atoms with Crippen molar-refractivity contribution in [2.45, 2.75) is 13.0 Å². The van der Waals surface area contributed by atoms with Gasteiger partial charge in [-0.05, 0) is 30.7 Å². The summed E-state index contributed by atoms with van der Waals surface area (Å²) in [5.41, 5.74) is 1.81. The van der Waals surface area contributed by atoms with Crippen molar-refractivity contribution in [2.75, 3.05) is 7.11 Å². The van der Waals surface area contributed by atoms with Crippen molar-refractivity contribution >= 4 is 11.9 Å². The van der Waals surface area contributed by atoms with Gasteiger partial charge in [0.05, 0.1) is 18.7 Å². The quantitative estimate of drug-likeness (QED) is 0.878. The van der Waals surface area contributed by atoms with Crippen molar-refractivity contribution < 1.29 is 14.3 Å². The number of carbonyl (C=O) groups excluding carboxylic acids is 2. The lowest BCUT2D eigenvalue weighted by Crippen LogP contribution is -2.26. The fraction of sp³-hybridized carbons (Fsp3) is 0.176. The summed E-state index contributed by atoms with van der Waals surface area (Å²) in [6.07, 6.45) is 0. The second-order valence-electron chi connectivity index (χ2n) is 4.68. The van der Waals surface area contributed by atoms with Crippen LogP contribution < -0.4 is 5.32 Å². The maximum atomic E-state index is 12.2. The molecule has 108 valence electrons. The molecule has 0 saturated carbocycles. The third-order valence-electron chi connectivity index (χ3n) is 3.19. The monoisotopic (exact) mass is 283 g/mol. The molecule has 0 bridgehead atoms. The molecule has 0 aliphatic heterocycles. The van der Waals surface area contributed by atoms with Gasteiger partial charge in [-0.25, -0.2) is 4.79 Å². The molecule has 0 aliphatic rings. The van der Waals surface area contributed by atoms with Gasteiger partial charge in [0.2, 0.25) is 0 Å². The minimum atomic E-state index is -0.458. The summed E-state index contributed by atoms with van der Waals surface area (Å²) < 4.78 is 4.65. The van der Waals surface area contributed by atoms with E-state index in [1.54, 1.807) is 18.2 Å². The molecule has 21 heavy (non-hydrogen) atoms. The van der Waals surface area contributed by atoms with Gasteiger partial charge in [-0.15, -0.1) is 0 Å². The Hall–Kier alpha value is -2.62. The van der Waals surface area contributed by atoms with Crippen molar-refractivity contribution in [1.82, 2.24) is 5.32 Å². The molecular formula is C17H17NO3. The lowest BCUT2D eigenvalue weighted by molar-refractivity contribution is 0.0600. The second-order valence-corrected chi connectivity index (χ2v) is 4.68. The first-order valence-corrected chi connectivity index (χ1v) is 6.66. The highest BCUT2D eigenvalue weighted by atomic mass is 16.5. The number of amides is 1. The fourth-order valence-corrected chi connectivity index (χ4v) is 2.01. The van der Waals surface area contributed by atoms with Crippen LogP contribution in [-0.4, -0.2) is 19.0 Å². The minimum Gasteiger partial charge on any atom is -0.465 e. The Morgan fingerprint density at radius 2 is 1.67 bits per heavy atom. The summed E-state index contributed by atoms with van der Waals surface area (Å²) >= 11 is 0. The van der Waals surface area contributed by atoms with Gasteiger partial charge in [0.15, 0.2) is 0 Å². The molecule has 0 radical (unpaired) electrons. The number of nitrogens with one attached hydrogen (secondary N) is 1. The Kier molecular flexibility index (Phi) is 4.72. The van der Waals surface area contributed by atoms with Crippen LogP contribution in [0.2, 0.25) is 0 Å². The van der Waals surface area contributed by atoms with Crippen LogP contribution in [0.5, 0.6) is 0 Å². The highest BCUT2D eigenvalue weighted by Crippen LogP contribution is 2.13. The highest BCUT2D eigenvalue weighted by molar-refractivity contribution is 5.98. The third kappa shape index (κ3) is 3.69. The van der Waals surface area contributed by atoms with E-state index in [1.165, 1.54) is 13.2 Å². The summed E-state index contributed by atoms with van der Waals surface area (Å²) in [6.45, 7) is 1.91. The first-order valence-electron chi connectivity index (χ1n) is 6.66. The van der Waals surface area contributed by atoms with Gasteiger partial charge in [-0.3, -0.25) is 4.79 Å². The van der Waals surface area contributed by atoms with Gasteiger partial charge in [0.25, 0.3) is 5.91 Å². The number of benzene rings is 2. The Morgan fingerprint density at radius 1 is 1.00 bits per heavy atom. The molecule has 1 N–H and O–H groups in total. The van der Waals surface area contributed by atoms with E-state index in [4.69, 9.17) is 0 Å². The molecular weight excluding hydrogens is 266 g/mol. The lowest BCUT2D eigenvalue weighted by atomic mass is 10.1. The molecule has 2 rings (SSSR count). The molecule has 4 heteroatoms. The average Bonchev–Trinajstić information content (AvgIpc) is 2.55. The number of esters is 1. The normalized spacial score (nSPS) is 11.5. The van der Waals surface area contributed by atoms with E-state index >= 15 is 0 Å². The van der Waals surface area contributed by atoms with Crippen LogP contribution in [-0.2, 0) is 4.74 Å². The summed E-state index contributed by atoms with van der Waals surface area (Å²) in [7, 11) is 1.31. The van der Waals surface area contributed by atoms with Gasteiger partial charge in [-0.1, -0.05) is 36.4 Å². The van der Waals surface area contributed by atoms with Crippen LogP contribution >= 0.6 is 0 Å². The van der Waals surface area contributed by atoms with Crippen LogP contribution in [0.4, 0.5) is 0 Å². The number of hydrogen-bond acceptors (Lipinski definition) is 3. The van der Waals surface area contributed by atoms with Crippen LogP contribution in [0.15, 0.2) is 54.6 Å². The minimum absolute atomic E-state index is 0.111. The number of rotatable bonds is 4. The first-order chi connectivity index (χ1) is 10.1. The van der Waals surface area contributed by atoms with Crippen molar-refractivity contribution in [1.29, 1.82) is 0 Å². The van der Waals surface area contributed by atoms with Crippen LogP contribution in [0.3, 0.4) is 0 Å². The summed E-state index contributed by atoms with van der Waals surface area (Å²) in [5.74, 6) is -0.683. The topological polar surface area (TPSA) is 55.4 Å². The second kappa shape index (κ2) is 6.70. The van der Waals surface area contributed by atoms with Gasteiger partial charge >= 0.3 is 5.97 Å². The largest absolute Gasteiger partial charge is 0.465 e. The molecule has 0 heterocycles. The van der Waals surface area contributed by atoms with E-state index in [1.807, 2.05) is 37.3 Å². The zero-order chi connectivity index (χ0) is 15.2. The summed E-state index contributed by atoms with van der Waals surface area (Å²) in [6, 6.07) is 16.0. The lowest BCUT2D eigenvalue weighted by Gasteiger charge is -2.14. The Labute approximate surface area is 123 Å². The SMILES string of the molecule is COC(=O)c1cccc(C(=O)N[C@H](C)c2ccccc2)c1. The molecule has 1 atom stereocenters. The molecule has 0 aliphatic carbocycles. The predicted molar refractivity (Wildman–Crippen MR) is 80.1 cm³/mol. The average molecular weight is 283 g/mol.